The fraction of sp³-hybridized carbons (Fsp3) is 0.412. The largest absolute Gasteiger partial charge is 0.493 e. The van der Waals surface area contributed by atoms with Gasteiger partial charge in [-0.15, -0.1) is 11.3 Å². The summed E-state index contributed by atoms with van der Waals surface area (Å²) in [5.74, 6) is 0.980. The summed E-state index contributed by atoms with van der Waals surface area (Å²) < 4.78 is 6.93. The normalized spacial score (nSPS) is 12.3. The Labute approximate surface area is 139 Å². The van der Waals surface area contributed by atoms with Crippen molar-refractivity contribution >= 4 is 27.3 Å². The second kappa shape index (κ2) is 8.57. The van der Waals surface area contributed by atoms with Gasteiger partial charge in [-0.25, -0.2) is 0 Å². The van der Waals surface area contributed by atoms with Crippen LogP contribution in [0.2, 0.25) is 0 Å². The van der Waals surface area contributed by atoms with Crippen LogP contribution < -0.4 is 10.1 Å². The highest BCUT2D eigenvalue weighted by atomic mass is 79.9. The summed E-state index contributed by atoms with van der Waals surface area (Å²) >= 11 is 5.36. The third kappa shape index (κ3) is 4.83. The van der Waals surface area contributed by atoms with Crippen molar-refractivity contribution in [1.82, 2.24) is 5.32 Å². The van der Waals surface area contributed by atoms with Crippen molar-refractivity contribution in [3.8, 4) is 5.75 Å². The van der Waals surface area contributed by atoms with E-state index in [2.05, 4.69) is 58.7 Å². The monoisotopic (exact) mass is 367 g/mol. The molecule has 1 unspecified atom stereocenters. The van der Waals surface area contributed by atoms with E-state index in [-0.39, 0.29) is 0 Å². The van der Waals surface area contributed by atoms with Gasteiger partial charge in [0.15, 0.2) is 0 Å². The molecule has 0 spiro atoms. The van der Waals surface area contributed by atoms with E-state index in [1.54, 1.807) is 0 Å². The van der Waals surface area contributed by atoms with Crippen LogP contribution >= 0.6 is 27.3 Å². The molecule has 2 aromatic rings. The maximum Gasteiger partial charge on any atom is 0.123 e. The fourth-order valence-corrected chi connectivity index (χ4v) is 3.50. The summed E-state index contributed by atoms with van der Waals surface area (Å²) in [5, 5.41) is 5.78. The molecule has 21 heavy (non-hydrogen) atoms. The van der Waals surface area contributed by atoms with Crippen molar-refractivity contribution in [3.63, 3.8) is 0 Å². The molecule has 0 saturated carbocycles. The number of hydrogen-bond donors (Lipinski definition) is 1. The first-order chi connectivity index (χ1) is 10.2. The SMILES string of the molecule is CCCOc1ccc(Br)cc1CNC(CC)c1cccs1. The first-order valence-electron chi connectivity index (χ1n) is 7.42. The molecule has 0 aliphatic carbocycles. The number of benzene rings is 1. The predicted molar refractivity (Wildman–Crippen MR) is 94.1 cm³/mol. The summed E-state index contributed by atoms with van der Waals surface area (Å²) in [4.78, 5) is 1.39. The van der Waals surface area contributed by atoms with Crippen molar-refractivity contribution in [2.75, 3.05) is 6.61 Å². The summed E-state index contributed by atoms with van der Waals surface area (Å²) in [6, 6.07) is 10.9. The highest BCUT2D eigenvalue weighted by molar-refractivity contribution is 9.10. The van der Waals surface area contributed by atoms with Gasteiger partial charge in [-0.05, 0) is 42.5 Å². The summed E-state index contributed by atoms with van der Waals surface area (Å²) in [6.45, 7) is 5.92. The molecule has 0 bridgehead atoms. The molecule has 2 nitrogen and oxygen atoms in total. The van der Waals surface area contributed by atoms with Crippen LogP contribution in [0.3, 0.4) is 0 Å². The number of halogens is 1. The molecule has 1 N–H and O–H groups in total. The average molecular weight is 368 g/mol. The van der Waals surface area contributed by atoms with Gasteiger partial charge in [0, 0.05) is 27.5 Å². The molecule has 0 fully saturated rings. The highest BCUT2D eigenvalue weighted by Gasteiger charge is 2.11. The molecule has 0 saturated heterocycles. The van der Waals surface area contributed by atoms with Crippen molar-refractivity contribution in [1.29, 1.82) is 0 Å². The minimum Gasteiger partial charge on any atom is -0.493 e. The van der Waals surface area contributed by atoms with Crippen LogP contribution in [0.25, 0.3) is 0 Å². The molecule has 1 aromatic carbocycles. The van der Waals surface area contributed by atoms with Gasteiger partial charge in [0.1, 0.15) is 5.75 Å². The predicted octanol–water partition coefficient (Wildman–Crippen LogP) is 5.54. The molecule has 0 aliphatic rings. The summed E-state index contributed by atoms with van der Waals surface area (Å²) in [6.07, 6.45) is 2.11. The standard InChI is InChI=1S/C17H22BrNOS/c1-3-9-20-16-8-7-14(18)11-13(16)12-19-15(4-2)17-6-5-10-21-17/h5-8,10-11,15,19H,3-4,9,12H2,1-2H3. The Balaban J connectivity index is 2.05. The molecule has 4 heteroatoms. The van der Waals surface area contributed by atoms with Gasteiger partial charge >= 0.3 is 0 Å². The van der Waals surface area contributed by atoms with E-state index in [1.807, 2.05) is 23.5 Å². The van der Waals surface area contributed by atoms with Crippen LogP contribution in [0, 0.1) is 0 Å². The van der Waals surface area contributed by atoms with Gasteiger partial charge in [-0.1, -0.05) is 35.8 Å². The van der Waals surface area contributed by atoms with Gasteiger partial charge in [-0.3, -0.25) is 0 Å². The third-order valence-electron chi connectivity index (χ3n) is 3.32. The van der Waals surface area contributed by atoms with Gasteiger partial charge in [0.05, 0.1) is 6.61 Å². The lowest BCUT2D eigenvalue weighted by molar-refractivity contribution is 0.312. The molecule has 114 valence electrons. The lowest BCUT2D eigenvalue weighted by atomic mass is 10.1. The van der Waals surface area contributed by atoms with E-state index in [4.69, 9.17) is 4.74 Å². The Morgan fingerprint density at radius 3 is 2.81 bits per heavy atom. The highest BCUT2D eigenvalue weighted by Crippen LogP contribution is 2.26. The molecular formula is C17H22BrNOS. The van der Waals surface area contributed by atoms with Crippen LogP contribution in [0.1, 0.15) is 43.2 Å². The molecule has 1 atom stereocenters. The number of ether oxygens (including phenoxy) is 1. The zero-order valence-electron chi connectivity index (χ0n) is 12.6. The number of nitrogens with one attached hydrogen (secondary N) is 1. The van der Waals surface area contributed by atoms with Crippen molar-refractivity contribution < 1.29 is 4.74 Å². The van der Waals surface area contributed by atoms with Crippen molar-refractivity contribution in [2.24, 2.45) is 0 Å². The quantitative estimate of drug-likeness (QED) is 0.661. The van der Waals surface area contributed by atoms with Crippen LogP contribution in [0.15, 0.2) is 40.2 Å². The fourth-order valence-electron chi connectivity index (χ4n) is 2.21. The van der Waals surface area contributed by atoms with Crippen LogP contribution in [-0.4, -0.2) is 6.61 Å². The number of rotatable bonds is 8. The maximum atomic E-state index is 5.84. The molecule has 1 heterocycles. The molecule has 0 radical (unpaired) electrons. The first kappa shape index (κ1) is 16.5. The topological polar surface area (TPSA) is 21.3 Å². The molecular weight excluding hydrogens is 346 g/mol. The second-order valence-electron chi connectivity index (χ2n) is 4.96. The van der Waals surface area contributed by atoms with E-state index in [0.717, 1.165) is 36.2 Å². The smallest absolute Gasteiger partial charge is 0.123 e. The van der Waals surface area contributed by atoms with E-state index in [1.165, 1.54) is 10.4 Å². The van der Waals surface area contributed by atoms with Crippen LogP contribution in [0.4, 0.5) is 0 Å². The molecule has 0 aliphatic heterocycles. The lowest BCUT2D eigenvalue weighted by Gasteiger charge is -2.17. The van der Waals surface area contributed by atoms with Gasteiger partial charge < -0.3 is 10.1 Å². The Hall–Kier alpha value is -0.840. The Morgan fingerprint density at radius 1 is 1.29 bits per heavy atom. The van der Waals surface area contributed by atoms with E-state index >= 15 is 0 Å². The van der Waals surface area contributed by atoms with E-state index < -0.39 is 0 Å². The van der Waals surface area contributed by atoms with Gasteiger partial charge in [0.2, 0.25) is 0 Å². The minimum atomic E-state index is 0.406. The second-order valence-corrected chi connectivity index (χ2v) is 6.85. The van der Waals surface area contributed by atoms with Crippen molar-refractivity contribution in [3.05, 3.63) is 50.6 Å². The molecule has 2 rings (SSSR count). The van der Waals surface area contributed by atoms with E-state index in [9.17, 15) is 0 Å². The zero-order valence-corrected chi connectivity index (χ0v) is 15.0. The van der Waals surface area contributed by atoms with Crippen molar-refractivity contribution in [2.45, 2.75) is 39.3 Å². The Morgan fingerprint density at radius 2 is 2.14 bits per heavy atom. The summed E-state index contributed by atoms with van der Waals surface area (Å²) in [5.41, 5.74) is 1.20. The Kier molecular flexibility index (Phi) is 6.74. The Bertz CT molecular complexity index is 542. The first-order valence-corrected chi connectivity index (χ1v) is 9.09. The third-order valence-corrected chi connectivity index (χ3v) is 4.80. The van der Waals surface area contributed by atoms with Gasteiger partial charge in [-0.2, -0.15) is 0 Å². The molecule has 0 amide bonds. The number of thiophene rings is 1. The zero-order chi connectivity index (χ0) is 15.1. The maximum absolute atomic E-state index is 5.84. The average Bonchev–Trinajstić information content (AvgIpc) is 3.01. The van der Waals surface area contributed by atoms with Crippen LogP contribution in [-0.2, 0) is 6.54 Å². The van der Waals surface area contributed by atoms with Crippen LogP contribution in [0.5, 0.6) is 5.75 Å². The molecule has 1 aromatic heterocycles. The van der Waals surface area contributed by atoms with E-state index in [0.29, 0.717) is 6.04 Å². The number of hydrogen-bond acceptors (Lipinski definition) is 3. The lowest BCUT2D eigenvalue weighted by Crippen LogP contribution is -2.20. The minimum absolute atomic E-state index is 0.406. The summed E-state index contributed by atoms with van der Waals surface area (Å²) in [7, 11) is 0. The van der Waals surface area contributed by atoms with Gasteiger partial charge in [0.25, 0.3) is 0 Å².